The Hall–Kier alpha value is -1.79. The van der Waals surface area contributed by atoms with Crippen LogP contribution in [0.5, 0.6) is 0 Å². The van der Waals surface area contributed by atoms with Crippen molar-refractivity contribution in [1.82, 2.24) is 19.6 Å². The molecule has 4 saturated heterocycles. The van der Waals surface area contributed by atoms with E-state index in [0.717, 1.165) is 26.2 Å². The molecule has 3 atom stereocenters. The Balaban J connectivity index is 1.51. The zero-order valence-corrected chi connectivity index (χ0v) is 15.0. The van der Waals surface area contributed by atoms with Crippen molar-refractivity contribution in [3.63, 3.8) is 0 Å². The molecule has 26 heavy (non-hydrogen) atoms. The summed E-state index contributed by atoms with van der Waals surface area (Å²) in [5.74, 6) is -0.721. The summed E-state index contributed by atoms with van der Waals surface area (Å²) in [6.07, 6.45) is 6.38. The van der Waals surface area contributed by atoms with E-state index in [-0.39, 0.29) is 12.0 Å². The van der Waals surface area contributed by atoms with Crippen LogP contribution in [0.4, 0.5) is 8.78 Å². The molecule has 5 heterocycles. The third-order valence-corrected chi connectivity index (χ3v) is 6.62. The molecule has 6 rings (SSSR count). The zero-order valence-electron chi connectivity index (χ0n) is 15.0. The maximum atomic E-state index is 14.6. The molecule has 2 aromatic rings. The summed E-state index contributed by atoms with van der Waals surface area (Å²) >= 11 is 0. The SMILES string of the molecule is Cn1cc(CN2C[C@H](c3cccc(F)c3F)[C@H]3[C@@H]2C2CCN3CC2)cn1. The molecule has 4 aliphatic heterocycles. The first-order valence-corrected chi connectivity index (χ1v) is 9.51. The maximum absolute atomic E-state index is 14.6. The van der Waals surface area contributed by atoms with Gasteiger partial charge in [0.15, 0.2) is 11.6 Å². The van der Waals surface area contributed by atoms with E-state index in [2.05, 4.69) is 14.9 Å². The highest BCUT2D eigenvalue weighted by molar-refractivity contribution is 5.29. The molecule has 6 heteroatoms. The van der Waals surface area contributed by atoms with Crippen LogP contribution in [-0.4, -0.2) is 51.3 Å². The Bertz CT molecular complexity index is 812. The average Bonchev–Trinajstić information content (AvgIpc) is 3.24. The topological polar surface area (TPSA) is 24.3 Å². The van der Waals surface area contributed by atoms with Crippen LogP contribution in [-0.2, 0) is 13.6 Å². The van der Waals surface area contributed by atoms with Crippen LogP contribution >= 0.6 is 0 Å². The summed E-state index contributed by atoms with van der Waals surface area (Å²) in [6, 6.07) is 5.34. The van der Waals surface area contributed by atoms with Crippen LogP contribution in [0.15, 0.2) is 30.6 Å². The Morgan fingerprint density at radius 2 is 1.96 bits per heavy atom. The predicted molar refractivity (Wildman–Crippen MR) is 94.6 cm³/mol. The van der Waals surface area contributed by atoms with Crippen molar-refractivity contribution < 1.29 is 8.78 Å². The zero-order chi connectivity index (χ0) is 17.8. The number of piperidine rings is 3. The largest absolute Gasteiger partial charge is 0.298 e. The molecule has 1 aromatic carbocycles. The molecular formula is C20H24F2N4. The summed E-state index contributed by atoms with van der Waals surface area (Å²) in [5, 5.41) is 4.28. The number of aryl methyl sites for hydroxylation is 1. The van der Waals surface area contributed by atoms with E-state index in [9.17, 15) is 8.78 Å². The van der Waals surface area contributed by atoms with Crippen molar-refractivity contribution >= 4 is 0 Å². The van der Waals surface area contributed by atoms with E-state index in [1.165, 1.54) is 24.5 Å². The van der Waals surface area contributed by atoms with Gasteiger partial charge in [0, 0.05) is 49.9 Å². The molecule has 0 saturated carbocycles. The van der Waals surface area contributed by atoms with Gasteiger partial charge >= 0.3 is 0 Å². The Morgan fingerprint density at radius 3 is 2.69 bits per heavy atom. The van der Waals surface area contributed by atoms with E-state index in [4.69, 9.17) is 0 Å². The van der Waals surface area contributed by atoms with E-state index in [1.54, 1.807) is 12.1 Å². The van der Waals surface area contributed by atoms with E-state index >= 15 is 0 Å². The highest BCUT2D eigenvalue weighted by Crippen LogP contribution is 2.47. The predicted octanol–water partition coefficient (Wildman–Crippen LogP) is 2.76. The molecule has 138 valence electrons. The number of halogens is 2. The van der Waals surface area contributed by atoms with Crippen LogP contribution in [0.2, 0.25) is 0 Å². The molecule has 0 unspecified atom stereocenters. The summed E-state index contributed by atoms with van der Waals surface area (Å²) in [7, 11) is 1.93. The lowest BCUT2D eigenvalue weighted by Crippen LogP contribution is -2.60. The molecule has 4 fully saturated rings. The van der Waals surface area contributed by atoms with Crippen molar-refractivity contribution in [3.05, 3.63) is 53.4 Å². The van der Waals surface area contributed by atoms with Crippen molar-refractivity contribution in [3.8, 4) is 0 Å². The molecule has 0 aliphatic carbocycles. The highest BCUT2D eigenvalue weighted by atomic mass is 19.2. The lowest BCUT2D eigenvalue weighted by atomic mass is 9.75. The van der Waals surface area contributed by atoms with Crippen LogP contribution < -0.4 is 0 Å². The number of benzene rings is 1. The highest BCUT2D eigenvalue weighted by Gasteiger charge is 2.53. The van der Waals surface area contributed by atoms with E-state index in [1.807, 2.05) is 24.1 Å². The summed E-state index contributed by atoms with van der Waals surface area (Å²) in [6.45, 7) is 3.77. The molecule has 0 amide bonds. The van der Waals surface area contributed by atoms with Crippen LogP contribution in [0, 0.1) is 17.6 Å². The van der Waals surface area contributed by atoms with Gasteiger partial charge in [0.05, 0.1) is 6.20 Å². The minimum Gasteiger partial charge on any atom is -0.298 e. The van der Waals surface area contributed by atoms with Gasteiger partial charge in [-0.1, -0.05) is 12.1 Å². The summed E-state index contributed by atoms with van der Waals surface area (Å²) in [4.78, 5) is 5.01. The third kappa shape index (κ3) is 2.50. The first-order chi connectivity index (χ1) is 12.6. The van der Waals surface area contributed by atoms with Crippen molar-refractivity contribution in [2.75, 3.05) is 19.6 Å². The van der Waals surface area contributed by atoms with Gasteiger partial charge in [-0.3, -0.25) is 14.5 Å². The smallest absolute Gasteiger partial charge is 0.162 e. The molecule has 4 nitrogen and oxygen atoms in total. The number of hydrogen-bond acceptors (Lipinski definition) is 3. The van der Waals surface area contributed by atoms with Crippen LogP contribution in [0.3, 0.4) is 0 Å². The number of hydrogen-bond donors (Lipinski definition) is 0. The fraction of sp³-hybridized carbons (Fsp3) is 0.550. The molecule has 0 spiro atoms. The molecule has 1 aromatic heterocycles. The van der Waals surface area contributed by atoms with Gasteiger partial charge in [-0.15, -0.1) is 0 Å². The van der Waals surface area contributed by atoms with Gasteiger partial charge in [0.1, 0.15) is 0 Å². The van der Waals surface area contributed by atoms with Crippen LogP contribution in [0.25, 0.3) is 0 Å². The molecule has 2 bridgehead atoms. The standard InChI is InChI=1S/C20H24F2N4/c1-24-10-13(9-23-24)11-26-12-16(15-3-2-4-17(21)18(15)22)20-19(26)14-5-7-25(20)8-6-14/h2-4,9-10,14,16,19-20H,5-8,11-12H2,1H3/t16-,19+,20+/m1/s1. The van der Waals surface area contributed by atoms with Crippen molar-refractivity contribution in [2.24, 2.45) is 13.0 Å². The number of nitrogens with zero attached hydrogens (tertiary/aromatic N) is 4. The quantitative estimate of drug-likeness (QED) is 0.843. The van der Waals surface area contributed by atoms with Gasteiger partial charge in [0.2, 0.25) is 0 Å². The Kier molecular flexibility index (Phi) is 3.87. The lowest BCUT2D eigenvalue weighted by Gasteiger charge is -2.51. The molecule has 0 radical (unpaired) electrons. The minimum atomic E-state index is -0.735. The average molecular weight is 358 g/mol. The van der Waals surface area contributed by atoms with Crippen molar-refractivity contribution in [1.29, 1.82) is 0 Å². The Morgan fingerprint density at radius 1 is 1.15 bits per heavy atom. The maximum Gasteiger partial charge on any atom is 0.162 e. The van der Waals surface area contributed by atoms with Gasteiger partial charge in [-0.2, -0.15) is 5.10 Å². The first kappa shape index (κ1) is 16.4. The fourth-order valence-electron chi connectivity index (χ4n) is 5.59. The first-order valence-electron chi connectivity index (χ1n) is 9.51. The number of aromatic nitrogens is 2. The van der Waals surface area contributed by atoms with Gasteiger partial charge in [0.25, 0.3) is 0 Å². The second-order valence-corrected chi connectivity index (χ2v) is 8.06. The molecule has 0 N–H and O–H groups in total. The lowest BCUT2D eigenvalue weighted by molar-refractivity contribution is -0.00888. The molecular weight excluding hydrogens is 334 g/mol. The number of rotatable bonds is 3. The van der Waals surface area contributed by atoms with E-state index in [0.29, 0.717) is 17.5 Å². The monoisotopic (exact) mass is 358 g/mol. The van der Waals surface area contributed by atoms with Gasteiger partial charge in [-0.25, -0.2) is 8.78 Å². The second-order valence-electron chi connectivity index (χ2n) is 8.06. The summed E-state index contributed by atoms with van der Waals surface area (Å²) < 4.78 is 30.3. The second kappa shape index (κ2) is 6.13. The van der Waals surface area contributed by atoms with E-state index < -0.39 is 11.6 Å². The third-order valence-electron chi connectivity index (χ3n) is 6.62. The normalized spacial score (nSPS) is 33.6. The number of likely N-dealkylation sites (tertiary alicyclic amines) is 1. The van der Waals surface area contributed by atoms with Crippen molar-refractivity contribution in [2.45, 2.75) is 37.4 Å². The Labute approximate surface area is 152 Å². The number of fused-ring (bicyclic) bond motifs is 2. The van der Waals surface area contributed by atoms with Gasteiger partial charge in [-0.05, 0) is 43.5 Å². The van der Waals surface area contributed by atoms with Gasteiger partial charge < -0.3 is 0 Å². The fourth-order valence-corrected chi connectivity index (χ4v) is 5.59. The van der Waals surface area contributed by atoms with Crippen LogP contribution in [0.1, 0.15) is 29.9 Å². The molecule has 4 aliphatic rings. The summed E-state index contributed by atoms with van der Waals surface area (Å²) in [5.41, 5.74) is 1.73. The minimum absolute atomic E-state index is 0.0236.